The molecule has 6 heteroatoms. The molecule has 0 rings (SSSR count). The van der Waals surface area contributed by atoms with E-state index < -0.39 is 6.10 Å². The molecule has 6 nitrogen and oxygen atoms in total. The standard InChI is InChI=1S/C60H94O6/c1-4-7-10-13-16-19-22-25-27-29-30-31-33-35-38-41-44-47-50-53-59(62)65-56-57(55-64-58(61)52-49-46-43-40-37-34-24-21-18-15-12-9-6-3)66-60(63)54-51-48-45-42-39-36-32-28-26-23-20-17-14-11-8-5-2/h7-8,10-11,16-17,19-20,25-28,30-31,34-39,43,46,57H,4-6,9,12-15,18,21-24,29,32-33,40-42,44-45,47-56H2,1-3H3/b10-7+,11-8+,19-16+,20-17+,27-25+,28-26+,31-30+,37-34+,38-35+,39-36+,46-43+. The Balaban J connectivity index is 4.58. The van der Waals surface area contributed by atoms with E-state index in [1.807, 2.05) is 6.08 Å². The summed E-state index contributed by atoms with van der Waals surface area (Å²) < 4.78 is 16.7. The molecule has 0 bridgehead atoms. The average Bonchev–Trinajstić information content (AvgIpc) is 3.31. The molecule has 1 unspecified atom stereocenters. The predicted molar refractivity (Wildman–Crippen MR) is 283 cm³/mol. The molecule has 0 aliphatic carbocycles. The first-order chi connectivity index (χ1) is 32.5. The second kappa shape index (κ2) is 53.2. The number of esters is 3. The number of hydrogen-bond donors (Lipinski definition) is 0. The average molecular weight is 911 g/mol. The maximum Gasteiger partial charge on any atom is 0.306 e. The van der Waals surface area contributed by atoms with Gasteiger partial charge in [-0.05, 0) is 122 Å². The number of rotatable bonds is 45. The Bertz CT molecular complexity index is 1460. The van der Waals surface area contributed by atoms with E-state index in [1.54, 1.807) is 0 Å². The van der Waals surface area contributed by atoms with E-state index >= 15 is 0 Å². The summed E-state index contributed by atoms with van der Waals surface area (Å²) in [6.45, 7) is 6.27. The van der Waals surface area contributed by atoms with E-state index in [2.05, 4.69) is 148 Å². The van der Waals surface area contributed by atoms with Gasteiger partial charge in [0.05, 0.1) is 0 Å². The van der Waals surface area contributed by atoms with E-state index in [-0.39, 0.29) is 44.0 Å². The van der Waals surface area contributed by atoms with Crippen molar-refractivity contribution in [2.24, 2.45) is 0 Å². The lowest BCUT2D eigenvalue weighted by atomic mass is 10.1. The van der Waals surface area contributed by atoms with Gasteiger partial charge in [0.25, 0.3) is 0 Å². The summed E-state index contributed by atoms with van der Waals surface area (Å²) in [7, 11) is 0. The van der Waals surface area contributed by atoms with Crippen LogP contribution in [0.4, 0.5) is 0 Å². The van der Waals surface area contributed by atoms with Crippen LogP contribution >= 0.6 is 0 Å². The van der Waals surface area contributed by atoms with Crippen molar-refractivity contribution in [1.29, 1.82) is 0 Å². The third-order valence-corrected chi connectivity index (χ3v) is 10.4. The first-order valence-corrected chi connectivity index (χ1v) is 26.2. The summed E-state index contributed by atoms with van der Waals surface area (Å²) in [4.78, 5) is 38.0. The van der Waals surface area contributed by atoms with Crippen LogP contribution in [0.3, 0.4) is 0 Å². The Labute approximate surface area is 405 Å². The quantitative estimate of drug-likeness (QED) is 0.0262. The lowest BCUT2D eigenvalue weighted by molar-refractivity contribution is -0.166. The van der Waals surface area contributed by atoms with Crippen LogP contribution in [0.25, 0.3) is 0 Å². The molecule has 370 valence electrons. The monoisotopic (exact) mass is 911 g/mol. The number of carbonyl (C=O) groups is 3. The molecule has 0 amide bonds. The zero-order valence-electron chi connectivity index (χ0n) is 42.1. The maximum absolute atomic E-state index is 12.8. The van der Waals surface area contributed by atoms with Gasteiger partial charge in [-0.1, -0.05) is 199 Å². The Hall–Kier alpha value is -4.45. The molecule has 0 aromatic rings. The topological polar surface area (TPSA) is 78.9 Å². The second-order valence-corrected chi connectivity index (χ2v) is 16.7. The van der Waals surface area contributed by atoms with Crippen LogP contribution in [-0.2, 0) is 28.6 Å². The molecule has 0 spiro atoms. The third kappa shape index (κ3) is 50.5. The van der Waals surface area contributed by atoms with Gasteiger partial charge in [-0.15, -0.1) is 0 Å². The highest BCUT2D eigenvalue weighted by atomic mass is 16.6. The van der Waals surface area contributed by atoms with Crippen molar-refractivity contribution in [3.63, 3.8) is 0 Å². The number of unbranched alkanes of at least 4 members (excludes halogenated alkanes) is 12. The maximum atomic E-state index is 12.8. The fourth-order valence-electron chi connectivity index (χ4n) is 6.51. The van der Waals surface area contributed by atoms with Crippen LogP contribution in [-0.4, -0.2) is 37.2 Å². The van der Waals surface area contributed by atoms with Crippen LogP contribution in [0.2, 0.25) is 0 Å². The van der Waals surface area contributed by atoms with Crippen molar-refractivity contribution < 1.29 is 28.6 Å². The largest absolute Gasteiger partial charge is 0.462 e. The highest BCUT2D eigenvalue weighted by Gasteiger charge is 2.19. The van der Waals surface area contributed by atoms with E-state index in [0.717, 1.165) is 116 Å². The first kappa shape index (κ1) is 61.5. The number of hydrogen-bond acceptors (Lipinski definition) is 6. The molecule has 0 aliphatic rings. The predicted octanol–water partition coefficient (Wildman–Crippen LogP) is 17.5. The van der Waals surface area contributed by atoms with Gasteiger partial charge in [0.1, 0.15) is 13.2 Å². The fourth-order valence-corrected chi connectivity index (χ4v) is 6.51. The lowest BCUT2D eigenvalue weighted by Gasteiger charge is -2.18. The Kier molecular flexibility index (Phi) is 49.6. The van der Waals surface area contributed by atoms with Crippen LogP contribution < -0.4 is 0 Å². The molecule has 0 saturated heterocycles. The van der Waals surface area contributed by atoms with Crippen LogP contribution in [0.1, 0.15) is 207 Å². The zero-order valence-corrected chi connectivity index (χ0v) is 42.1. The lowest BCUT2D eigenvalue weighted by Crippen LogP contribution is -2.30. The second-order valence-electron chi connectivity index (χ2n) is 16.7. The van der Waals surface area contributed by atoms with Crippen molar-refractivity contribution in [3.05, 3.63) is 134 Å². The highest BCUT2D eigenvalue weighted by molar-refractivity contribution is 5.71. The van der Waals surface area contributed by atoms with Crippen molar-refractivity contribution in [1.82, 2.24) is 0 Å². The van der Waals surface area contributed by atoms with E-state index in [4.69, 9.17) is 14.2 Å². The zero-order chi connectivity index (χ0) is 47.9. The van der Waals surface area contributed by atoms with Gasteiger partial charge in [-0.2, -0.15) is 0 Å². The molecule has 0 saturated carbocycles. The van der Waals surface area contributed by atoms with Crippen LogP contribution in [0, 0.1) is 0 Å². The first-order valence-electron chi connectivity index (χ1n) is 26.2. The molecule has 0 radical (unpaired) electrons. The molecule has 0 N–H and O–H groups in total. The SMILES string of the molecule is CC/C=C/C/C=C/C/C=C/C/C=C/C/C=C/CCCCCC(=O)OCC(COC(=O)CC/C=C/C/C=C/CCCCCCCC)OC(=O)CCCCC/C=C/C/C=C/C/C=C/C/C=C/CC. The van der Waals surface area contributed by atoms with Gasteiger partial charge < -0.3 is 14.2 Å². The summed E-state index contributed by atoms with van der Waals surface area (Å²) in [6.07, 6.45) is 74.5. The van der Waals surface area contributed by atoms with Crippen molar-refractivity contribution in [2.75, 3.05) is 13.2 Å². The minimum atomic E-state index is -0.836. The Morgan fingerprint density at radius 3 is 1.02 bits per heavy atom. The van der Waals surface area contributed by atoms with Crippen molar-refractivity contribution in [2.45, 2.75) is 213 Å². The summed E-state index contributed by atoms with van der Waals surface area (Å²) in [6, 6.07) is 0. The van der Waals surface area contributed by atoms with Crippen molar-refractivity contribution in [3.8, 4) is 0 Å². The third-order valence-electron chi connectivity index (χ3n) is 10.4. The number of carbonyl (C=O) groups excluding carboxylic acids is 3. The van der Waals surface area contributed by atoms with Gasteiger partial charge in [0, 0.05) is 19.3 Å². The highest BCUT2D eigenvalue weighted by Crippen LogP contribution is 2.11. The van der Waals surface area contributed by atoms with Gasteiger partial charge in [0.2, 0.25) is 0 Å². The van der Waals surface area contributed by atoms with Gasteiger partial charge in [0.15, 0.2) is 6.10 Å². The molecule has 0 heterocycles. The minimum absolute atomic E-state index is 0.130. The van der Waals surface area contributed by atoms with Gasteiger partial charge in [-0.25, -0.2) is 0 Å². The Morgan fingerprint density at radius 2 is 0.621 bits per heavy atom. The molecule has 0 aromatic heterocycles. The molecule has 0 aromatic carbocycles. The number of ether oxygens (including phenoxy) is 3. The van der Waals surface area contributed by atoms with Crippen molar-refractivity contribution >= 4 is 17.9 Å². The molecule has 0 fully saturated rings. The summed E-state index contributed by atoms with van der Waals surface area (Å²) in [5.74, 6) is -1.07. The summed E-state index contributed by atoms with van der Waals surface area (Å²) >= 11 is 0. The van der Waals surface area contributed by atoms with E-state index in [0.29, 0.717) is 19.3 Å². The Morgan fingerprint density at radius 1 is 0.318 bits per heavy atom. The normalized spacial score (nSPS) is 13.2. The minimum Gasteiger partial charge on any atom is -0.462 e. The van der Waals surface area contributed by atoms with Gasteiger partial charge >= 0.3 is 17.9 Å². The van der Waals surface area contributed by atoms with Gasteiger partial charge in [-0.3, -0.25) is 14.4 Å². The fraction of sp³-hybridized carbons (Fsp3) is 0.583. The smallest absolute Gasteiger partial charge is 0.306 e. The summed E-state index contributed by atoms with van der Waals surface area (Å²) in [5.41, 5.74) is 0. The molecule has 0 aliphatic heterocycles. The molecule has 1 atom stereocenters. The van der Waals surface area contributed by atoms with E-state index in [1.165, 1.54) is 38.5 Å². The summed E-state index contributed by atoms with van der Waals surface area (Å²) in [5, 5.41) is 0. The van der Waals surface area contributed by atoms with Crippen LogP contribution in [0.5, 0.6) is 0 Å². The molecular formula is C60H94O6. The van der Waals surface area contributed by atoms with Crippen LogP contribution in [0.15, 0.2) is 134 Å². The molecular weight excluding hydrogens is 817 g/mol. The van der Waals surface area contributed by atoms with E-state index in [9.17, 15) is 14.4 Å². The number of allylic oxidation sites excluding steroid dienone is 22. The molecule has 66 heavy (non-hydrogen) atoms.